The summed E-state index contributed by atoms with van der Waals surface area (Å²) in [6.45, 7) is 2.40. The molecule has 4 aromatic rings. The molecule has 0 aliphatic carbocycles. The highest BCUT2D eigenvalue weighted by atomic mass is 19.1. The van der Waals surface area contributed by atoms with Gasteiger partial charge in [-0.2, -0.15) is 5.10 Å². The normalized spacial score (nSPS) is 11.1. The Morgan fingerprint density at radius 1 is 1.28 bits per heavy atom. The van der Waals surface area contributed by atoms with Crippen molar-refractivity contribution in [3.63, 3.8) is 0 Å². The van der Waals surface area contributed by atoms with Gasteiger partial charge in [0.2, 0.25) is 0 Å². The molecule has 1 aromatic carbocycles. The number of pyridine rings is 1. The molecule has 0 radical (unpaired) electrons. The molecule has 0 bridgehead atoms. The Balaban J connectivity index is 1.90. The van der Waals surface area contributed by atoms with Gasteiger partial charge >= 0.3 is 0 Å². The molecule has 3 aromatic heterocycles. The molecule has 0 fully saturated rings. The average molecular weight is 395 g/mol. The van der Waals surface area contributed by atoms with Crippen LogP contribution in [0.3, 0.4) is 0 Å². The standard InChI is InChI=1S/C19H18FN7O2/c1-2-3-23-19(28)11-4-10(13(20)5-14(11)21)16-15-17(29-27-18(15)22)12(8-24-16)9-6-25-26-7-9/h4-8H,2-3,21H2,1H3,(H2,22,27)(H,23,28)(H,25,26). The quantitative estimate of drug-likeness (QED) is 0.380. The van der Waals surface area contributed by atoms with Crippen molar-refractivity contribution in [2.45, 2.75) is 13.3 Å². The van der Waals surface area contributed by atoms with Crippen LogP contribution in [0.5, 0.6) is 0 Å². The van der Waals surface area contributed by atoms with E-state index < -0.39 is 11.7 Å². The second-order valence-corrected chi connectivity index (χ2v) is 6.45. The lowest BCUT2D eigenvalue weighted by Gasteiger charge is -2.11. The molecule has 0 spiro atoms. The largest absolute Gasteiger partial charge is 0.398 e. The number of carbonyl (C=O) groups excluding carboxylic acids is 1. The van der Waals surface area contributed by atoms with Crippen LogP contribution in [0.4, 0.5) is 15.9 Å². The van der Waals surface area contributed by atoms with Crippen molar-refractivity contribution >= 4 is 28.4 Å². The second kappa shape index (κ2) is 7.23. The van der Waals surface area contributed by atoms with Gasteiger partial charge in [0, 0.05) is 41.3 Å². The molecular formula is C19H18FN7O2. The van der Waals surface area contributed by atoms with Crippen LogP contribution in [0.1, 0.15) is 23.7 Å². The lowest BCUT2D eigenvalue weighted by Crippen LogP contribution is -2.25. The third-order valence-electron chi connectivity index (χ3n) is 4.51. The van der Waals surface area contributed by atoms with Crippen molar-refractivity contribution in [3.05, 3.63) is 42.1 Å². The molecular weight excluding hydrogens is 377 g/mol. The topological polar surface area (TPSA) is 149 Å². The fourth-order valence-electron chi connectivity index (χ4n) is 3.08. The molecule has 9 nitrogen and oxygen atoms in total. The highest BCUT2D eigenvalue weighted by molar-refractivity contribution is 6.06. The number of nitrogens with zero attached hydrogens (tertiary/aromatic N) is 3. The number of amides is 1. The van der Waals surface area contributed by atoms with Gasteiger partial charge in [-0.1, -0.05) is 12.1 Å². The van der Waals surface area contributed by atoms with E-state index in [-0.39, 0.29) is 28.3 Å². The van der Waals surface area contributed by atoms with Crippen molar-refractivity contribution in [2.24, 2.45) is 0 Å². The van der Waals surface area contributed by atoms with Crippen molar-refractivity contribution in [2.75, 3.05) is 18.0 Å². The fraction of sp³-hybridized carbons (Fsp3) is 0.158. The lowest BCUT2D eigenvalue weighted by molar-refractivity contribution is 0.0954. The number of fused-ring (bicyclic) bond motifs is 1. The van der Waals surface area contributed by atoms with E-state index in [1.165, 1.54) is 12.3 Å². The zero-order valence-corrected chi connectivity index (χ0v) is 15.5. The van der Waals surface area contributed by atoms with E-state index in [9.17, 15) is 9.18 Å². The minimum Gasteiger partial charge on any atom is -0.398 e. The van der Waals surface area contributed by atoms with Crippen LogP contribution in [0, 0.1) is 5.82 Å². The molecule has 0 aliphatic rings. The summed E-state index contributed by atoms with van der Waals surface area (Å²) < 4.78 is 20.2. The van der Waals surface area contributed by atoms with E-state index >= 15 is 0 Å². The number of nitrogen functional groups attached to an aromatic ring is 2. The minimum absolute atomic E-state index is 0.0319. The van der Waals surface area contributed by atoms with E-state index in [1.54, 1.807) is 12.4 Å². The number of H-pyrrole nitrogens is 1. The van der Waals surface area contributed by atoms with Crippen LogP contribution < -0.4 is 16.8 Å². The van der Waals surface area contributed by atoms with Gasteiger partial charge in [0.15, 0.2) is 11.4 Å². The van der Waals surface area contributed by atoms with Crippen LogP contribution in [-0.2, 0) is 0 Å². The smallest absolute Gasteiger partial charge is 0.253 e. The zero-order chi connectivity index (χ0) is 20.5. The van der Waals surface area contributed by atoms with E-state index in [1.807, 2.05) is 6.92 Å². The number of hydrogen-bond acceptors (Lipinski definition) is 7. The third kappa shape index (κ3) is 3.14. The molecule has 148 valence electrons. The van der Waals surface area contributed by atoms with E-state index in [0.29, 0.717) is 28.6 Å². The van der Waals surface area contributed by atoms with Crippen LogP contribution in [0.25, 0.3) is 33.4 Å². The number of carbonyl (C=O) groups is 1. The molecule has 10 heteroatoms. The number of rotatable bonds is 5. The van der Waals surface area contributed by atoms with Crippen LogP contribution in [-0.4, -0.2) is 32.8 Å². The molecule has 0 aliphatic heterocycles. The summed E-state index contributed by atoms with van der Waals surface area (Å²) in [5.74, 6) is -0.976. The van der Waals surface area contributed by atoms with Crippen molar-refractivity contribution in [1.29, 1.82) is 0 Å². The van der Waals surface area contributed by atoms with Gasteiger partial charge in [-0.05, 0) is 18.6 Å². The number of nitrogens with one attached hydrogen (secondary N) is 2. The monoisotopic (exact) mass is 395 g/mol. The van der Waals surface area contributed by atoms with Crippen LogP contribution >= 0.6 is 0 Å². The highest BCUT2D eigenvalue weighted by Gasteiger charge is 2.23. The van der Waals surface area contributed by atoms with Crippen molar-refractivity contribution in [1.82, 2.24) is 25.7 Å². The first-order valence-electron chi connectivity index (χ1n) is 8.91. The SMILES string of the molecule is CCCNC(=O)c1cc(-c2ncc(-c3cn[nH]c3)c3onc(N)c23)c(F)cc1N. The summed E-state index contributed by atoms with van der Waals surface area (Å²) in [7, 11) is 0. The van der Waals surface area contributed by atoms with Gasteiger partial charge in [0.1, 0.15) is 5.82 Å². The Bertz CT molecular complexity index is 1200. The molecule has 0 atom stereocenters. The molecule has 0 saturated carbocycles. The number of aromatic amines is 1. The summed E-state index contributed by atoms with van der Waals surface area (Å²) in [6, 6.07) is 2.46. The van der Waals surface area contributed by atoms with Crippen molar-refractivity contribution < 1.29 is 13.7 Å². The maximum absolute atomic E-state index is 14.8. The van der Waals surface area contributed by atoms with Gasteiger partial charge in [-0.15, -0.1) is 0 Å². The second-order valence-electron chi connectivity index (χ2n) is 6.45. The Morgan fingerprint density at radius 2 is 2.10 bits per heavy atom. The summed E-state index contributed by atoms with van der Waals surface area (Å²) in [5.41, 5.74) is 13.9. The van der Waals surface area contributed by atoms with Crippen molar-refractivity contribution in [3.8, 4) is 22.4 Å². The number of aromatic nitrogens is 4. The lowest BCUT2D eigenvalue weighted by atomic mass is 10.00. The highest BCUT2D eigenvalue weighted by Crippen LogP contribution is 2.38. The Morgan fingerprint density at radius 3 is 2.83 bits per heavy atom. The molecule has 1 amide bonds. The minimum atomic E-state index is -0.639. The van der Waals surface area contributed by atoms with Crippen LogP contribution in [0.2, 0.25) is 0 Å². The number of benzene rings is 1. The molecule has 0 unspecified atom stereocenters. The van der Waals surface area contributed by atoms with Gasteiger partial charge in [0.05, 0.1) is 22.8 Å². The van der Waals surface area contributed by atoms with E-state index in [4.69, 9.17) is 16.0 Å². The first-order valence-corrected chi connectivity index (χ1v) is 8.91. The van der Waals surface area contributed by atoms with Gasteiger partial charge in [-0.3, -0.25) is 14.9 Å². The van der Waals surface area contributed by atoms with Gasteiger partial charge in [0.25, 0.3) is 5.91 Å². The number of nitrogens with two attached hydrogens (primary N) is 2. The Kier molecular flexibility index (Phi) is 4.59. The average Bonchev–Trinajstić information content (AvgIpc) is 3.36. The van der Waals surface area contributed by atoms with Crippen LogP contribution in [0.15, 0.2) is 35.2 Å². The number of hydrogen-bond donors (Lipinski definition) is 4. The third-order valence-corrected chi connectivity index (χ3v) is 4.51. The Hall–Kier alpha value is -3.95. The molecule has 6 N–H and O–H groups in total. The van der Waals surface area contributed by atoms with Gasteiger partial charge in [-0.25, -0.2) is 4.39 Å². The fourth-order valence-corrected chi connectivity index (χ4v) is 3.08. The first kappa shape index (κ1) is 18.4. The predicted octanol–water partition coefficient (Wildman–Crippen LogP) is 2.72. The zero-order valence-electron chi connectivity index (χ0n) is 15.5. The summed E-state index contributed by atoms with van der Waals surface area (Å²) in [4.78, 5) is 16.8. The summed E-state index contributed by atoms with van der Waals surface area (Å²) in [5, 5.41) is 13.5. The Labute approximate surface area is 164 Å². The number of halogens is 1. The predicted molar refractivity (Wildman–Crippen MR) is 106 cm³/mol. The maximum atomic E-state index is 14.8. The first-order chi connectivity index (χ1) is 14.0. The van der Waals surface area contributed by atoms with E-state index in [2.05, 4.69) is 25.7 Å². The van der Waals surface area contributed by atoms with E-state index in [0.717, 1.165) is 12.5 Å². The molecule has 4 rings (SSSR count). The molecule has 29 heavy (non-hydrogen) atoms. The van der Waals surface area contributed by atoms with Gasteiger partial charge < -0.3 is 21.3 Å². The summed E-state index contributed by atoms with van der Waals surface area (Å²) in [6.07, 6.45) is 5.53. The molecule has 0 saturated heterocycles. The summed E-state index contributed by atoms with van der Waals surface area (Å²) >= 11 is 0. The maximum Gasteiger partial charge on any atom is 0.253 e. The number of anilines is 2. The molecule has 3 heterocycles.